The molecule has 3 atom stereocenters. The molecule has 9 nitrogen and oxygen atoms in total. The lowest BCUT2D eigenvalue weighted by molar-refractivity contribution is -0.150. The fraction of sp³-hybridized carbons (Fsp3) is 0.163. The summed E-state index contributed by atoms with van der Waals surface area (Å²) < 4.78 is 7.46. The SMILES string of the molecule is C[C@@H](c1ccccc1)C(N)(C(=O)O)C(=O)[C@H](Cc1cn(C(c2ccccc2)(c2ccccc2)c2ccccc2)cn1)NC(=O)OCc1ccccc1. The van der Waals surface area contributed by atoms with Gasteiger partial charge < -0.3 is 25.5 Å². The van der Waals surface area contributed by atoms with E-state index in [4.69, 9.17) is 15.5 Å². The Bertz CT molecular complexity index is 1990. The molecule has 0 saturated heterocycles. The monoisotopic (exact) mass is 692 g/mol. The van der Waals surface area contributed by atoms with Crippen molar-refractivity contribution >= 4 is 17.8 Å². The van der Waals surface area contributed by atoms with Crippen molar-refractivity contribution in [3.8, 4) is 0 Å². The van der Waals surface area contributed by atoms with E-state index in [1.54, 1.807) is 55.7 Å². The highest BCUT2D eigenvalue weighted by molar-refractivity contribution is 6.11. The summed E-state index contributed by atoms with van der Waals surface area (Å²) in [4.78, 5) is 45.4. The molecule has 1 unspecified atom stereocenters. The number of carboxylic acid groups (broad SMARTS) is 1. The Labute approximate surface area is 302 Å². The van der Waals surface area contributed by atoms with Crippen LogP contribution in [0.1, 0.15) is 46.4 Å². The fourth-order valence-corrected chi connectivity index (χ4v) is 6.76. The van der Waals surface area contributed by atoms with E-state index in [1.807, 2.05) is 83.6 Å². The number of carbonyl (C=O) groups is 3. The quantitative estimate of drug-likeness (QED) is 0.0852. The average molecular weight is 693 g/mol. The average Bonchev–Trinajstić information content (AvgIpc) is 3.66. The number of alkyl carbamates (subject to hydrolysis) is 1. The van der Waals surface area contributed by atoms with Crippen LogP contribution in [0.4, 0.5) is 4.79 Å². The van der Waals surface area contributed by atoms with E-state index in [-0.39, 0.29) is 13.0 Å². The van der Waals surface area contributed by atoms with Gasteiger partial charge in [0, 0.05) is 18.5 Å². The number of nitrogens with one attached hydrogen (secondary N) is 1. The highest BCUT2D eigenvalue weighted by Crippen LogP contribution is 2.41. The lowest BCUT2D eigenvalue weighted by Gasteiger charge is -2.37. The van der Waals surface area contributed by atoms with Crippen molar-refractivity contribution in [2.24, 2.45) is 5.73 Å². The van der Waals surface area contributed by atoms with Crippen LogP contribution in [0.15, 0.2) is 164 Å². The molecule has 0 spiro atoms. The standard InChI is InChI=1S/C43H40N4O5/c1-31(33-19-9-3-10-20-33)42(44,40(49)50)39(48)38(46-41(51)52-29-32-17-7-2-8-18-32)27-37-28-47(30-45-37)43(34-21-11-4-12-22-34,35-23-13-5-14-24-35)36-25-15-6-16-26-36/h2-26,28,30-31,38H,27,29,44H2,1H3,(H,46,51)(H,49,50)/t31-,38-,42?/m0/s1. The minimum atomic E-state index is -2.40. The van der Waals surface area contributed by atoms with E-state index in [0.29, 0.717) is 11.3 Å². The number of carboxylic acids is 1. The van der Waals surface area contributed by atoms with Crippen LogP contribution in [0.25, 0.3) is 0 Å². The highest BCUT2D eigenvalue weighted by Gasteiger charge is 2.51. The molecule has 52 heavy (non-hydrogen) atoms. The molecular weight excluding hydrogens is 652 g/mol. The molecule has 9 heteroatoms. The summed E-state index contributed by atoms with van der Waals surface area (Å²) in [7, 11) is 0. The fourth-order valence-electron chi connectivity index (χ4n) is 6.76. The van der Waals surface area contributed by atoms with E-state index in [2.05, 4.69) is 41.7 Å². The van der Waals surface area contributed by atoms with E-state index in [0.717, 1.165) is 22.3 Å². The van der Waals surface area contributed by atoms with Gasteiger partial charge in [0.2, 0.25) is 0 Å². The van der Waals surface area contributed by atoms with Gasteiger partial charge in [-0.05, 0) is 27.8 Å². The molecule has 1 amide bonds. The number of rotatable bonds is 14. The Kier molecular flexibility index (Phi) is 10.7. The molecule has 0 aliphatic rings. The number of ketones is 1. The van der Waals surface area contributed by atoms with Crippen LogP contribution in [0.3, 0.4) is 0 Å². The summed E-state index contributed by atoms with van der Waals surface area (Å²) in [6.07, 6.45) is 2.46. The molecule has 0 radical (unpaired) electrons. The zero-order valence-electron chi connectivity index (χ0n) is 28.7. The van der Waals surface area contributed by atoms with Gasteiger partial charge in [0.15, 0.2) is 11.3 Å². The lowest BCUT2D eigenvalue weighted by Crippen LogP contribution is -2.64. The van der Waals surface area contributed by atoms with Gasteiger partial charge in [-0.2, -0.15) is 0 Å². The third-order valence-corrected chi connectivity index (χ3v) is 9.58. The van der Waals surface area contributed by atoms with Crippen LogP contribution in [0.2, 0.25) is 0 Å². The van der Waals surface area contributed by atoms with Crippen molar-refractivity contribution in [3.63, 3.8) is 0 Å². The number of carbonyl (C=O) groups excluding carboxylic acids is 2. The second-order valence-electron chi connectivity index (χ2n) is 12.7. The predicted octanol–water partition coefficient (Wildman–Crippen LogP) is 6.72. The summed E-state index contributed by atoms with van der Waals surface area (Å²) >= 11 is 0. The zero-order chi connectivity index (χ0) is 36.6. The molecule has 0 fully saturated rings. The minimum absolute atomic E-state index is 0.0525. The molecule has 6 aromatic rings. The third-order valence-electron chi connectivity index (χ3n) is 9.58. The first-order chi connectivity index (χ1) is 25.2. The van der Waals surface area contributed by atoms with Crippen LogP contribution in [0.5, 0.6) is 0 Å². The van der Waals surface area contributed by atoms with Gasteiger partial charge in [-0.15, -0.1) is 0 Å². The summed E-state index contributed by atoms with van der Waals surface area (Å²) in [6.45, 7) is 1.54. The number of benzene rings is 5. The number of hydrogen-bond donors (Lipinski definition) is 3. The molecule has 262 valence electrons. The topological polar surface area (TPSA) is 137 Å². The normalized spacial score (nSPS) is 13.7. The van der Waals surface area contributed by atoms with Gasteiger partial charge in [0.1, 0.15) is 12.1 Å². The summed E-state index contributed by atoms with van der Waals surface area (Å²) in [5, 5.41) is 13.2. The van der Waals surface area contributed by atoms with Crippen molar-refractivity contribution in [1.82, 2.24) is 14.9 Å². The molecule has 0 saturated carbocycles. The number of imidazole rings is 1. The van der Waals surface area contributed by atoms with Crippen molar-refractivity contribution in [2.45, 2.75) is 43.0 Å². The molecule has 0 aliphatic heterocycles. The molecule has 0 bridgehead atoms. The maximum Gasteiger partial charge on any atom is 0.408 e. The molecule has 1 heterocycles. The Morgan fingerprint density at radius 3 is 1.69 bits per heavy atom. The molecule has 1 aromatic heterocycles. The first-order valence-electron chi connectivity index (χ1n) is 17.0. The second-order valence-corrected chi connectivity index (χ2v) is 12.7. The molecule has 4 N–H and O–H groups in total. The number of nitrogens with two attached hydrogens (primary N) is 1. The number of aliphatic carboxylic acids is 1. The van der Waals surface area contributed by atoms with Gasteiger partial charge in [-0.1, -0.05) is 159 Å². The van der Waals surface area contributed by atoms with Gasteiger partial charge in [0.05, 0.1) is 18.1 Å². The van der Waals surface area contributed by atoms with E-state index < -0.39 is 40.9 Å². The van der Waals surface area contributed by atoms with Gasteiger partial charge in [-0.25, -0.2) is 14.6 Å². The predicted molar refractivity (Wildman–Crippen MR) is 199 cm³/mol. The number of hydrogen-bond acceptors (Lipinski definition) is 6. The molecule has 5 aromatic carbocycles. The Hall–Kier alpha value is -6.32. The summed E-state index contributed by atoms with van der Waals surface area (Å²) in [5.74, 6) is -3.34. The molecule has 6 rings (SSSR count). The highest BCUT2D eigenvalue weighted by atomic mass is 16.5. The van der Waals surface area contributed by atoms with Crippen molar-refractivity contribution in [1.29, 1.82) is 0 Å². The maximum atomic E-state index is 14.5. The van der Waals surface area contributed by atoms with Gasteiger partial charge >= 0.3 is 12.1 Å². The number of aromatic nitrogens is 2. The van der Waals surface area contributed by atoms with E-state index >= 15 is 0 Å². The summed E-state index contributed by atoms with van der Waals surface area (Å²) in [5.41, 5.74) is 7.95. The van der Waals surface area contributed by atoms with Crippen LogP contribution in [0, 0.1) is 0 Å². The van der Waals surface area contributed by atoms with Crippen LogP contribution >= 0.6 is 0 Å². The Morgan fingerprint density at radius 2 is 1.21 bits per heavy atom. The number of amides is 1. The zero-order valence-corrected chi connectivity index (χ0v) is 28.7. The largest absolute Gasteiger partial charge is 0.480 e. The van der Waals surface area contributed by atoms with Gasteiger partial charge in [0.25, 0.3) is 0 Å². The van der Waals surface area contributed by atoms with E-state index in [9.17, 15) is 19.5 Å². The summed E-state index contributed by atoms with van der Waals surface area (Å²) in [6, 6.07) is 46.5. The van der Waals surface area contributed by atoms with Crippen molar-refractivity contribution in [2.75, 3.05) is 0 Å². The van der Waals surface area contributed by atoms with E-state index in [1.165, 1.54) is 0 Å². The second kappa shape index (κ2) is 15.7. The maximum absolute atomic E-state index is 14.5. The number of ether oxygens (including phenoxy) is 1. The first-order valence-corrected chi connectivity index (χ1v) is 17.0. The Balaban J connectivity index is 1.41. The number of nitrogens with zero attached hydrogens (tertiary/aromatic N) is 2. The van der Waals surface area contributed by atoms with Crippen LogP contribution in [-0.4, -0.2) is 44.1 Å². The van der Waals surface area contributed by atoms with Crippen molar-refractivity contribution < 1.29 is 24.2 Å². The lowest BCUT2D eigenvalue weighted by atomic mass is 9.75. The van der Waals surface area contributed by atoms with Crippen LogP contribution in [-0.2, 0) is 32.9 Å². The minimum Gasteiger partial charge on any atom is -0.480 e. The van der Waals surface area contributed by atoms with Gasteiger partial charge in [-0.3, -0.25) is 4.79 Å². The molecule has 0 aliphatic carbocycles. The molecular formula is C43H40N4O5. The Morgan fingerprint density at radius 1 is 0.750 bits per heavy atom. The third kappa shape index (κ3) is 7.12. The van der Waals surface area contributed by atoms with Crippen LogP contribution < -0.4 is 11.1 Å². The number of Topliss-reactive ketones (excluding diaryl/α,β-unsaturated/α-hetero) is 1. The first kappa shape index (κ1) is 35.5. The van der Waals surface area contributed by atoms with Crippen molar-refractivity contribution in [3.05, 3.63) is 198 Å². The smallest absolute Gasteiger partial charge is 0.408 e.